The van der Waals surface area contributed by atoms with Crippen molar-refractivity contribution in [1.82, 2.24) is 4.90 Å². The first-order chi connectivity index (χ1) is 15.8. The lowest BCUT2D eigenvalue weighted by atomic mass is 9.79. The Morgan fingerprint density at radius 3 is 2.24 bits per heavy atom. The topological polar surface area (TPSA) is 12.5 Å². The lowest BCUT2D eigenvalue weighted by Crippen LogP contribution is -2.51. The minimum Gasteiger partial charge on any atom is -0.490 e. The van der Waals surface area contributed by atoms with E-state index in [0.717, 1.165) is 56.9 Å². The lowest BCUT2D eigenvalue weighted by molar-refractivity contribution is -0.138. The first-order valence-corrected chi connectivity index (χ1v) is 12.8. The van der Waals surface area contributed by atoms with Crippen LogP contribution in [0.15, 0.2) is 30.3 Å². The molecule has 2 saturated heterocycles. The average Bonchev–Trinajstić information content (AvgIpc) is 2.75. The van der Waals surface area contributed by atoms with Crippen molar-refractivity contribution in [3.8, 4) is 5.75 Å². The van der Waals surface area contributed by atoms with Crippen LogP contribution in [0.1, 0.15) is 82.8 Å². The fourth-order valence-corrected chi connectivity index (χ4v) is 6.68. The Morgan fingerprint density at radius 1 is 0.879 bits per heavy atom. The molecule has 33 heavy (non-hydrogen) atoms. The molecule has 2 aromatic carbocycles. The van der Waals surface area contributed by atoms with Gasteiger partial charge in [0.2, 0.25) is 0 Å². The Kier molecular flexibility index (Phi) is 6.37. The summed E-state index contributed by atoms with van der Waals surface area (Å²) in [5.41, 5.74) is 0.207. The summed E-state index contributed by atoms with van der Waals surface area (Å²) in [5.74, 6) is 1.34. The van der Waals surface area contributed by atoms with Gasteiger partial charge in [-0.1, -0.05) is 44.5 Å². The first kappa shape index (κ1) is 23.0. The van der Waals surface area contributed by atoms with E-state index in [1.54, 1.807) is 12.1 Å². The van der Waals surface area contributed by atoms with Crippen LogP contribution in [0.25, 0.3) is 10.8 Å². The van der Waals surface area contributed by atoms with E-state index in [9.17, 15) is 13.2 Å². The van der Waals surface area contributed by atoms with E-state index in [-0.39, 0.29) is 11.9 Å². The SMILES string of the molecule is CC1CCC(Oc2ccc3cccc(CN4C5CCCC4CC(C)C5)c3c2C(F)(F)F)CC1. The highest BCUT2D eigenvalue weighted by Crippen LogP contribution is 2.45. The molecule has 2 aliphatic heterocycles. The number of hydrogen-bond acceptors (Lipinski definition) is 2. The maximum Gasteiger partial charge on any atom is 0.420 e. The van der Waals surface area contributed by atoms with Crippen molar-refractivity contribution in [2.75, 3.05) is 0 Å². The fraction of sp³-hybridized carbons (Fsp3) is 0.643. The highest BCUT2D eigenvalue weighted by atomic mass is 19.4. The van der Waals surface area contributed by atoms with Crippen molar-refractivity contribution in [3.05, 3.63) is 41.5 Å². The zero-order valence-corrected chi connectivity index (χ0v) is 19.8. The number of ether oxygens (including phenoxy) is 1. The second-order valence-corrected chi connectivity index (χ2v) is 10.9. The number of fused-ring (bicyclic) bond motifs is 3. The largest absolute Gasteiger partial charge is 0.490 e. The Bertz CT molecular complexity index is 965. The zero-order valence-electron chi connectivity index (χ0n) is 19.8. The molecule has 0 amide bonds. The highest BCUT2D eigenvalue weighted by Gasteiger charge is 2.40. The van der Waals surface area contributed by atoms with Crippen LogP contribution in [0.2, 0.25) is 0 Å². The third kappa shape index (κ3) is 4.76. The summed E-state index contributed by atoms with van der Waals surface area (Å²) in [5, 5.41) is 0.989. The summed E-state index contributed by atoms with van der Waals surface area (Å²) in [6.07, 6.45) is 4.96. The maximum absolute atomic E-state index is 14.5. The molecule has 2 heterocycles. The molecule has 1 saturated carbocycles. The van der Waals surface area contributed by atoms with Crippen LogP contribution in [0, 0.1) is 11.8 Å². The highest BCUT2D eigenvalue weighted by molar-refractivity contribution is 5.91. The van der Waals surface area contributed by atoms with Gasteiger partial charge in [-0.15, -0.1) is 0 Å². The van der Waals surface area contributed by atoms with Crippen LogP contribution in [0.4, 0.5) is 13.2 Å². The van der Waals surface area contributed by atoms with Gasteiger partial charge >= 0.3 is 6.18 Å². The van der Waals surface area contributed by atoms with Gasteiger partial charge in [0.1, 0.15) is 11.3 Å². The van der Waals surface area contributed by atoms with E-state index >= 15 is 0 Å². The zero-order chi connectivity index (χ0) is 23.2. The second kappa shape index (κ2) is 9.13. The Labute approximate surface area is 195 Å². The molecular formula is C28H36F3NO. The molecule has 0 aromatic heterocycles. The van der Waals surface area contributed by atoms with Gasteiger partial charge in [0, 0.05) is 24.0 Å². The van der Waals surface area contributed by atoms with Crippen LogP contribution < -0.4 is 4.74 Å². The van der Waals surface area contributed by atoms with Crippen molar-refractivity contribution >= 4 is 10.8 Å². The molecular weight excluding hydrogens is 423 g/mol. The summed E-state index contributed by atoms with van der Waals surface area (Å²) in [6, 6.07) is 9.94. The normalized spacial score (nSPS) is 31.0. The number of alkyl halides is 3. The van der Waals surface area contributed by atoms with E-state index in [4.69, 9.17) is 4.74 Å². The summed E-state index contributed by atoms with van der Waals surface area (Å²) >= 11 is 0. The predicted molar refractivity (Wildman–Crippen MR) is 126 cm³/mol. The summed E-state index contributed by atoms with van der Waals surface area (Å²) in [4.78, 5) is 2.51. The fourth-order valence-electron chi connectivity index (χ4n) is 6.68. The van der Waals surface area contributed by atoms with E-state index < -0.39 is 11.7 Å². The monoisotopic (exact) mass is 459 g/mol. The molecule has 2 bridgehead atoms. The van der Waals surface area contributed by atoms with Gasteiger partial charge in [-0.05, 0) is 80.2 Å². The molecule has 2 atom stereocenters. The van der Waals surface area contributed by atoms with E-state index in [2.05, 4.69) is 18.7 Å². The number of benzene rings is 2. The molecule has 0 N–H and O–H groups in total. The summed E-state index contributed by atoms with van der Waals surface area (Å²) in [6.45, 7) is 5.11. The van der Waals surface area contributed by atoms with Crippen LogP contribution in [-0.2, 0) is 12.7 Å². The molecule has 1 aliphatic carbocycles. The molecule has 2 unspecified atom stereocenters. The maximum atomic E-state index is 14.5. The predicted octanol–water partition coefficient (Wildman–Crippen LogP) is 7.97. The standard InChI is InChI=1S/C28H36F3NO/c1-18-9-12-24(13-10-18)33-25-14-11-20-5-3-6-21(26(20)27(25)28(29,30)31)17-32-22-7-4-8-23(32)16-19(2)15-22/h3,5-6,11,14,18-19,22-24H,4,7-10,12-13,15-17H2,1-2H3. The van der Waals surface area contributed by atoms with Crippen molar-refractivity contribution in [3.63, 3.8) is 0 Å². The second-order valence-electron chi connectivity index (χ2n) is 10.9. The quantitative estimate of drug-likeness (QED) is 0.460. The number of nitrogens with zero attached hydrogens (tertiary/aromatic N) is 1. The van der Waals surface area contributed by atoms with Crippen molar-refractivity contribution in [2.45, 2.75) is 103 Å². The summed E-state index contributed by atoms with van der Waals surface area (Å²) in [7, 11) is 0. The molecule has 2 aromatic rings. The van der Waals surface area contributed by atoms with Crippen molar-refractivity contribution < 1.29 is 17.9 Å². The third-order valence-electron chi connectivity index (χ3n) is 8.35. The van der Waals surface area contributed by atoms with Gasteiger partial charge in [-0.2, -0.15) is 13.2 Å². The Morgan fingerprint density at radius 2 is 1.58 bits per heavy atom. The first-order valence-electron chi connectivity index (χ1n) is 12.8. The van der Waals surface area contributed by atoms with E-state index in [1.807, 2.05) is 18.2 Å². The Balaban J connectivity index is 1.53. The van der Waals surface area contributed by atoms with Crippen LogP contribution >= 0.6 is 0 Å². The molecule has 3 fully saturated rings. The minimum absolute atomic E-state index is 0.00876. The van der Waals surface area contributed by atoms with Crippen molar-refractivity contribution in [1.29, 1.82) is 0 Å². The summed E-state index contributed by atoms with van der Waals surface area (Å²) < 4.78 is 49.7. The number of piperidine rings is 2. The molecule has 2 nitrogen and oxygen atoms in total. The lowest BCUT2D eigenvalue weighted by Gasteiger charge is -2.48. The van der Waals surface area contributed by atoms with Crippen LogP contribution in [-0.4, -0.2) is 23.1 Å². The minimum atomic E-state index is -4.46. The third-order valence-corrected chi connectivity index (χ3v) is 8.35. The molecule has 5 rings (SSSR count). The molecule has 0 spiro atoms. The number of halogens is 3. The number of rotatable bonds is 4. The molecule has 180 valence electrons. The van der Waals surface area contributed by atoms with Gasteiger partial charge in [0.25, 0.3) is 0 Å². The van der Waals surface area contributed by atoms with Gasteiger partial charge < -0.3 is 4.74 Å². The van der Waals surface area contributed by atoms with Gasteiger partial charge in [0.15, 0.2) is 0 Å². The molecule has 5 heteroatoms. The van der Waals surface area contributed by atoms with Gasteiger partial charge in [-0.25, -0.2) is 0 Å². The van der Waals surface area contributed by atoms with Gasteiger partial charge in [-0.3, -0.25) is 4.90 Å². The smallest absolute Gasteiger partial charge is 0.420 e. The van der Waals surface area contributed by atoms with E-state index in [0.29, 0.717) is 41.2 Å². The van der Waals surface area contributed by atoms with Crippen LogP contribution in [0.3, 0.4) is 0 Å². The van der Waals surface area contributed by atoms with Crippen LogP contribution in [0.5, 0.6) is 5.75 Å². The number of hydrogen-bond donors (Lipinski definition) is 0. The van der Waals surface area contributed by atoms with Crippen molar-refractivity contribution in [2.24, 2.45) is 11.8 Å². The van der Waals surface area contributed by atoms with E-state index in [1.165, 1.54) is 6.42 Å². The average molecular weight is 460 g/mol. The molecule has 0 radical (unpaired) electrons. The Hall–Kier alpha value is -1.75. The molecule has 3 aliphatic rings. The van der Waals surface area contributed by atoms with Gasteiger partial charge in [0.05, 0.1) is 6.10 Å².